The fourth-order valence-corrected chi connectivity index (χ4v) is 1.32. The van der Waals surface area contributed by atoms with Crippen molar-refractivity contribution in [3.05, 3.63) is 38.9 Å². The minimum Gasteiger partial charge on any atom is -0.392 e. The van der Waals surface area contributed by atoms with Gasteiger partial charge in [0.05, 0.1) is 11.0 Å². The lowest BCUT2D eigenvalue weighted by Gasteiger charge is -2.07. The summed E-state index contributed by atoms with van der Waals surface area (Å²) in [5, 5.41) is 22.0. The van der Waals surface area contributed by atoms with E-state index in [4.69, 9.17) is 16.7 Å². The molecular weight excluding hydrogens is 248 g/mol. The van der Waals surface area contributed by atoms with E-state index in [1.807, 2.05) is 0 Å². The molecule has 0 aliphatic carbocycles. The number of hydrogen-bond donors (Lipinski definition) is 2. The molecule has 0 saturated carbocycles. The van der Waals surface area contributed by atoms with Gasteiger partial charge in [0, 0.05) is 18.2 Å². The minimum absolute atomic E-state index is 0.0259. The predicted octanol–water partition coefficient (Wildman–Crippen LogP) is 1.36. The normalized spacial score (nSPS) is 11.9. The summed E-state index contributed by atoms with van der Waals surface area (Å²) in [6.07, 6.45) is -0.679. The maximum absolute atomic E-state index is 11.5. The van der Waals surface area contributed by atoms with Gasteiger partial charge in [-0.15, -0.1) is 0 Å². The molecule has 2 N–H and O–H groups in total. The number of aliphatic hydroxyl groups is 1. The van der Waals surface area contributed by atoms with E-state index >= 15 is 0 Å². The van der Waals surface area contributed by atoms with Gasteiger partial charge in [0.1, 0.15) is 5.02 Å². The SMILES string of the molecule is C[C@H](O)CNC(=O)c1ccc(Cl)c([N+](=O)[O-])c1. The van der Waals surface area contributed by atoms with Crippen LogP contribution in [0.2, 0.25) is 5.02 Å². The van der Waals surface area contributed by atoms with Gasteiger partial charge in [0.15, 0.2) is 0 Å². The van der Waals surface area contributed by atoms with Crippen LogP contribution in [0.1, 0.15) is 17.3 Å². The van der Waals surface area contributed by atoms with Crippen molar-refractivity contribution in [3.8, 4) is 0 Å². The van der Waals surface area contributed by atoms with Gasteiger partial charge < -0.3 is 10.4 Å². The Morgan fingerprint density at radius 3 is 2.82 bits per heavy atom. The molecule has 17 heavy (non-hydrogen) atoms. The molecule has 0 aliphatic heterocycles. The van der Waals surface area contributed by atoms with Crippen molar-refractivity contribution < 1.29 is 14.8 Å². The van der Waals surface area contributed by atoms with Crippen LogP contribution >= 0.6 is 11.6 Å². The molecule has 92 valence electrons. The number of nitro groups is 1. The molecule has 1 rings (SSSR count). The fraction of sp³-hybridized carbons (Fsp3) is 0.300. The molecule has 1 amide bonds. The zero-order valence-electron chi connectivity index (χ0n) is 9.01. The predicted molar refractivity (Wildman–Crippen MR) is 62.1 cm³/mol. The molecule has 0 heterocycles. The summed E-state index contributed by atoms with van der Waals surface area (Å²) in [6, 6.07) is 3.77. The molecular formula is C10H11ClN2O4. The van der Waals surface area contributed by atoms with Crippen LogP contribution in [0, 0.1) is 10.1 Å². The monoisotopic (exact) mass is 258 g/mol. The summed E-state index contributed by atoms with van der Waals surface area (Å²) in [7, 11) is 0. The molecule has 0 bridgehead atoms. The fourth-order valence-electron chi connectivity index (χ4n) is 1.14. The van der Waals surface area contributed by atoms with Crippen molar-refractivity contribution in [1.82, 2.24) is 5.32 Å². The average molecular weight is 259 g/mol. The quantitative estimate of drug-likeness (QED) is 0.630. The zero-order valence-corrected chi connectivity index (χ0v) is 9.77. The summed E-state index contributed by atoms with van der Waals surface area (Å²) < 4.78 is 0. The van der Waals surface area contributed by atoms with Crippen molar-refractivity contribution in [2.45, 2.75) is 13.0 Å². The molecule has 0 unspecified atom stereocenters. The number of carbonyl (C=O) groups excluding carboxylic acids is 1. The van der Waals surface area contributed by atoms with E-state index in [2.05, 4.69) is 5.32 Å². The third kappa shape index (κ3) is 3.69. The Morgan fingerprint density at radius 2 is 2.29 bits per heavy atom. The van der Waals surface area contributed by atoms with Crippen LogP contribution in [0.3, 0.4) is 0 Å². The van der Waals surface area contributed by atoms with Crippen LogP contribution in [-0.4, -0.2) is 28.6 Å². The number of carbonyl (C=O) groups is 1. The second kappa shape index (κ2) is 5.60. The standard InChI is InChI=1S/C10H11ClN2O4/c1-6(14)5-12-10(15)7-2-3-8(11)9(4-7)13(16)17/h2-4,6,14H,5H2,1H3,(H,12,15)/t6-/m0/s1. The molecule has 0 aromatic heterocycles. The highest BCUT2D eigenvalue weighted by molar-refractivity contribution is 6.32. The number of nitro benzene ring substituents is 1. The topological polar surface area (TPSA) is 92.5 Å². The molecule has 0 spiro atoms. The van der Waals surface area contributed by atoms with Crippen LogP contribution < -0.4 is 5.32 Å². The minimum atomic E-state index is -0.679. The Labute approximate surface area is 102 Å². The molecule has 0 fully saturated rings. The van der Waals surface area contributed by atoms with E-state index in [-0.39, 0.29) is 22.8 Å². The van der Waals surface area contributed by atoms with E-state index in [0.717, 1.165) is 6.07 Å². The van der Waals surface area contributed by atoms with E-state index in [9.17, 15) is 14.9 Å². The van der Waals surface area contributed by atoms with E-state index in [0.29, 0.717) is 0 Å². The Balaban J connectivity index is 2.88. The van der Waals surface area contributed by atoms with Gasteiger partial charge in [-0.25, -0.2) is 0 Å². The first kappa shape index (κ1) is 13.4. The smallest absolute Gasteiger partial charge is 0.288 e. The second-order valence-corrected chi connectivity index (χ2v) is 3.89. The summed E-state index contributed by atoms with van der Waals surface area (Å²) in [4.78, 5) is 21.5. The molecule has 0 saturated heterocycles. The van der Waals surface area contributed by atoms with Gasteiger partial charge >= 0.3 is 0 Å². The van der Waals surface area contributed by atoms with Crippen LogP contribution in [0.25, 0.3) is 0 Å². The highest BCUT2D eigenvalue weighted by Gasteiger charge is 2.16. The third-order valence-corrected chi connectivity index (χ3v) is 2.28. The third-order valence-electron chi connectivity index (χ3n) is 1.96. The lowest BCUT2D eigenvalue weighted by molar-refractivity contribution is -0.384. The van der Waals surface area contributed by atoms with Crippen molar-refractivity contribution in [1.29, 1.82) is 0 Å². The number of rotatable bonds is 4. The Kier molecular flexibility index (Phi) is 4.42. The molecule has 0 radical (unpaired) electrons. The first-order valence-corrected chi connectivity index (χ1v) is 5.20. The molecule has 1 atom stereocenters. The Hall–Kier alpha value is -1.66. The lowest BCUT2D eigenvalue weighted by atomic mass is 10.2. The van der Waals surface area contributed by atoms with Crippen LogP contribution in [0.4, 0.5) is 5.69 Å². The molecule has 1 aromatic rings. The second-order valence-electron chi connectivity index (χ2n) is 3.48. The first-order valence-electron chi connectivity index (χ1n) is 4.82. The van der Waals surface area contributed by atoms with E-state index in [1.165, 1.54) is 19.1 Å². The number of halogens is 1. The summed E-state index contributed by atoms with van der Waals surface area (Å²) in [6.45, 7) is 1.60. The number of nitrogens with one attached hydrogen (secondary N) is 1. The van der Waals surface area contributed by atoms with Crippen molar-refractivity contribution in [2.75, 3.05) is 6.54 Å². The van der Waals surface area contributed by atoms with Crippen molar-refractivity contribution >= 4 is 23.2 Å². The maximum atomic E-state index is 11.5. The summed E-state index contributed by atoms with van der Waals surface area (Å²) in [5.74, 6) is -0.495. The van der Waals surface area contributed by atoms with Crippen LogP contribution in [0.5, 0.6) is 0 Å². The molecule has 6 nitrogen and oxygen atoms in total. The summed E-state index contributed by atoms with van der Waals surface area (Å²) >= 11 is 5.61. The number of hydrogen-bond acceptors (Lipinski definition) is 4. The van der Waals surface area contributed by atoms with Gasteiger partial charge in [-0.05, 0) is 19.1 Å². The number of benzene rings is 1. The van der Waals surface area contributed by atoms with E-state index < -0.39 is 16.9 Å². The van der Waals surface area contributed by atoms with Crippen molar-refractivity contribution in [2.24, 2.45) is 0 Å². The van der Waals surface area contributed by atoms with Gasteiger partial charge in [-0.3, -0.25) is 14.9 Å². The van der Waals surface area contributed by atoms with Gasteiger partial charge in [-0.1, -0.05) is 11.6 Å². The molecule has 0 aliphatic rings. The highest BCUT2D eigenvalue weighted by atomic mass is 35.5. The van der Waals surface area contributed by atoms with Gasteiger partial charge in [-0.2, -0.15) is 0 Å². The lowest BCUT2D eigenvalue weighted by Crippen LogP contribution is -2.30. The zero-order chi connectivity index (χ0) is 13.0. The van der Waals surface area contributed by atoms with E-state index in [1.54, 1.807) is 0 Å². The van der Waals surface area contributed by atoms with Gasteiger partial charge in [0.25, 0.3) is 11.6 Å². The first-order chi connectivity index (χ1) is 7.91. The Morgan fingerprint density at radius 1 is 1.65 bits per heavy atom. The number of nitrogens with zero attached hydrogens (tertiary/aromatic N) is 1. The number of amides is 1. The van der Waals surface area contributed by atoms with Gasteiger partial charge in [0.2, 0.25) is 0 Å². The largest absolute Gasteiger partial charge is 0.392 e. The maximum Gasteiger partial charge on any atom is 0.288 e. The van der Waals surface area contributed by atoms with Crippen LogP contribution in [0.15, 0.2) is 18.2 Å². The van der Waals surface area contributed by atoms with Crippen molar-refractivity contribution in [3.63, 3.8) is 0 Å². The molecule has 1 aromatic carbocycles. The Bertz CT molecular complexity index is 448. The average Bonchev–Trinajstić information content (AvgIpc) is 2.26. The highest BCUT2D eigenvalue weighted by Crippen LogP contribution is 2.24. The molecule has 7 heteroatoms. The number of aliphatic hydroxyl groups excluding tert-OH is 1. The van der Waals surface area contributed by atoms with Crippen LogP contribution in [-0.2, 0) is 0 Å². The summed E-state index contributed by atoms with van der Waals surface area (Å²) in [5.41, 5.74) is -0.196.